The lowest BCUT2D eigenvalue weighted by Gasteiger charge is -2.46. The molecule has 4 aromatic rings. The van der Waals surface area contributed by atoms with Crippen LogP contribution in [0.1, 0.15) is 74.3 Å². The first kappa shape index (κ1) is 26.9. The van der Waals surface area contributed by atoms with E-state index in [2.05, 4.69) is 55.5 Å². The van der Waals surface area contributed by atoms with Crippen LogP contribution in [0.2, 0.25) is 0 Å². The van der Waals surface area contributed by atoms with Crippen LogP contribution in [0.4, 0.5) is 4.39 Å². The summed E-state index contributed by atoms with van der Waals surface area (Å²) in [5.41, 5.74) is 3.01. The van der Waals surface area contributed by atoms with Crippen LogP contribution in [0, 0.1) is 12.7 Å². The molecule has 2 bridgehead atoms. The number of aryl methyl sites for hydroxylation is 1. The number of aromatic amines is 1. The minimum atomic E-state index is -1.02. The zero-order chi connectivity index (χ0) is 28.1. The summed E-state index contributed by atoms with van der Waals surface area (Å²) in [6.07, 6.45) is 6.22. The Labute approximate surface area is 243 Å². The predicted octanol–water partition coefficient (Wildman–Crippen LogP) is 4.91. The number of piperidine rings is 2. The zero-order valence-electron chi connectivity index (χ0n) is 23.4. The van der Waals surface area contributed by atoms with Crippen LogP contribution >= 0.6 is 11.7 Å². The molecule has 3 aliphatic heterocycles. The molecule has 0 spiro atoms. The number of H-pyrrole nitrogens is 1. The number of fused-ring (bicyclic) bond motifs is 3. The molecule has 3 saturated heterocycles. The van der Waals surface area contributed by atoms with E-state index in [-0.39, 0.29) is 22.5 Å². The minimum Gasteiger partial charge on any atom is -0.372 e. The molecule has 5 heterocycles. The number of nitrogens with one attached hydrogen (secondary N) is 1. The summed E-state index contributed by atoms with van der Waals surface area (Å²) in [4.78, 5) is 21.6. The second kappa shape index (κ2) is 10.7. The van der Waals surface area contributed by atoms with Crippen molar-refractivity contribution in [3.63, 3.8) is 0 Å². The fraction of sp³-hybridized carbons (Fsp3) is 0.516. The first-order valence-corrected chi connectivity index (χ1v) is 15.6. The summed E-state index contributed by atoms with van der Waals surface area (Å²) >= 11 is 0.961. The molecule has 0 aliphatic carbocycles. The van der Waals surface area contributed by atoms with Gasteiger partial charge in [0.05, 0.1) is 11.0 Å². The number of likely N-dealkylation sites (tertiary alicyclic amines) is 1. The van der Waals surface area contributed by atoms with Gasteiger partial charge in [-0.1, -0.05) is 24.3 Å². The highest BCUT2D eigenvalue weighted by Gasteiger charge is 2.44. The van der Waals surface area contributed by atoms with Crippen molar-refractivity contribution in [1.29, 1.82) is 0 Å². The molecule has 41 heavy (non-hydrogen) atoms. The summed E-state index contributed by atoms with van der Waals surface area (Å²) in [5, 5.41) is 10.9. The average molecular weight is 577 g/mol. The van der Waals surface area contributed by atoms with E-state index < -0.39 is 6.23 Å². The van der Waals surface area contributed by atoms with Gasteiger partial charge in [-0.2, -0.15) is 4.37 Å². The van der Waals surface area contributed by atoms with E-state index in [1.165, 1.54) is 24.4 Å². The van der Waals surface area contributed by atoms with Crippen LogP contribution in [0.25, 0.3) is 11.0 Å². The lowest BCUT2D eigenvalue weighted by atomic mass is 9.70. The number of aliphatic hydroxyl groups is 1. The third-order valence-electron chi connectivity index (χ3n) is 10.1. The quantitative estimate of drug-likeness (QED) is 0.325. The van der Waals surface area contributed by atoms with E-state index in [1.54, 1.807) is 6.07 Å². The first-order chi connectivity index (χ1) is 19.9. The molecule has 3 fully saturated rings. The van der Waals surface area contributed by atoms with Gasteiger partial charge >= 0.3 is 0 Å². The fourth-order valence-corrected chi connectivity index (χ4v) is 8.54. The van der Waals surface area contributed by atoms with Gasteiger partial charge in [0, 0.05) is 42.9 Å². The smallest absolute Gasteiger partial charge is 0.285 e. The van der Waals surface area contributed by atoms with Crippen LogP contribution in [-0.4, -0.2) is 64.9 Å². The number of imidazole rings is 1. The van der Waals surface area contributed by atoms with Gasteiger partial charge in [0.15, 0.2) is 11.9 Å². The van der Waals surface area contributed by atoms with E-state index in [0.717, 1.165) is 67.3 Å². The molecule has 216 valence electrons. The highest BCUT2D eigenvalue weighted by molar-refractivity contribution is 6.99. The number of halogens is 1. The number of aliphatic hydroxyl groups excluding tert-OH is 1. The van der Waals surface area contributed by atoms with Crippen LogP contribution in [0.3, 0.4) is 0 Å². The van der Waals surface area contributed by atoms with Crippen molar-refractivity contribution in [2.45, 2.75) is 81.6 Å². The predicted molar refractivity (Wildman–Crippen MR) is 157 cm³/mol. The van der Waals surface area contributed by atoms with Gasteiger partial charge in [0.25, 0.3) is 5.56 Å². The van der Waals surface area contributed by atoms with Crippen LogP contribution in [0.15, 0.2) is 53.3 Å². The maximum absolute atomic E-state index is 14.5. The normalized spacial score (nSPS) is 25.6. The molecule has 3 aliphatic rings. The average Bonchev–Trinajstić information content (AvgIpc) is 3.63. The molecule has 0 amide bonds. The SMILES string of the molecule is Cc1nc2ccccc2n1C1C[C@H]2CC[C@@H](C1)N2CCC1(c2cccc(F)c2)CCN(C(O)c2ns[nH]c2=O)CC1. The van der Waals surface area contributed by atoms with Crippen LogP contribution in [0.5, 0.6) is 0 Å². The molecule has 2 aromatic heterocycles. The first-order valence-electron chi connectivity index (χ1n) is 14.8. The van der Waals surface area contributed by atoms with E-state index in [0.29, 0.717) is 31.2 Å². The van der Waals surface area contributed by atoms with Crippen molar-refractivity contribution in [2.75, 3.05) is 19.6 Å². The number of rotatable bonds is 7. The second-order valence-corrected chi connectivity index (χ2v) is 12.8. The number of nitrogens with zero attached hydrogens (tertiary/aromatic N) is 5. The Hall–Kier alpha value is -2.92. The largest absolute Gasteiger partial charge is 0.372 e. The van der Waals surface area contributed by atoms with Crippen LogP contribution < -0.4 is 5.56 Å². The van der Waals surface area contributed by atoms with E-state index >= 15 is 0 Å². The van der Waals surface area contributed by atoms with Crippen molar-refractivity contribution in [3.05, 3.63) is 81.8 Å². The van der Waals surface area contributed by atoms with Crippen molar-refractivity contribution >= 4 is 22.8 Å². The monoisotopic (exact) mass is 576 g/mol. The fourth-order valence-electron chi connectivity index (χ4n) is 8.03. The molecule has 0 saturated carbocycles. The molecule has 0 radical (unpaired) electrons. The molecule has 10 heteroatoms. The third kappa shape index (κ3) is 4.84. The van der Waals surface area contributed by atoms with Gasteiger partial charge in [-0.15, -0.1) is 0 Å². The van der Waals surface area contributed by atoms with Gasteiger partial charge in [-0.25, -0.2) is 9.37 Å². The summed E-state index contributed by atoms with van der Waals surface area (Å²) in [7, 11) is 0. The second-order valence-electron chi connectivity index (χ2n) is 12.2. The molecule has 4 atom stereocenters. The van der Waals surface area contributed by atoms with E-state index in [4.69, 9.17) is 4.98 Å². The number of hydrogen-bond acceptors (Lipinski definition) is 7. The number of para-hydroxylation sites is 2. The lowest BCUT2D eigenvalue weighted by molar-refractivity contribution is -0.0299. The van der Waals surface area contributed by atoms with Gasteiger partial charge in [0.2, 0.25) is 0 Å². The number of hydrogen-bond donors (Lipinski definition) is 2. The summed E-state index contributed by atoms with van der Waals surface area (Å²) in [6.45, 7) is 4.36. The molecule has 8 nitrogen and oxygen atoms in total. The molecule has 2 N–H and O–H groups in total. The molecule has 2 aromatic carbocycles. The Morgan fingerprint density at radius 3 is 2.56 bits per heavy atom. The third-order valence-corrected chi connectivity index (χ3v) is 10.7. The van der Waals surface area contributed by atoms with Gasteiger partial charge in [-0.3, -0.25) is 19.0 Å². The Bertz CT molecular complexity index is 1580. The maximum atomic E-state index is 14.5. The lowest BCUT2D eigenvalue weighted by Crippen LogP contribution is -2.49. The number of benzene rings is 2. The topological polar surface area (TPSA) is 90.3 Å². The minimum absolute atomic E-state index is 0.161. The van der Waals surface area contributed by atoms with Crippen molar-refractivity contribution in [3.8, 4) is 0 Å². The van der Waals surface area contributed by atoms with E-state index in [1.807, 2.05) is 11.0 Å². The van der Waals surface area contributed by atoms with Gasteiger partial charge in [0.1, 0.15) is 11.6 Å². The Morgan fingerprint density at radius 2 is 1.85 bits per heavy atom. The van der Waals surface area contributed by atoms with Gasteiger partial charge < -0.3 is 9.67 Å². The zero-order valence-corrected chi connectivity index (χ0v) is 24.2. The van der Waals surface area contributed by atoms with Gasteiger partial charge in [-0.05, 0) is 93.7 Å². The molecule has 2 unspecified atom stereocenters. The Kier molecular flexibility index (Phi) is 7.05. The Morgan fingerprint density at radius 1 is 1.10 bits per heavy atom. The Balaban J connectivity index is 1.08. The summed E-state index contributed by atoms with van der Waals surface area (Å²) in [5.74, 6) is 0.893. The van der Waals surface area contributed by atoms with Crippen molar-refractivity contribution in [1.82, 2.24) is 28.1 Å². The molecular weight excluding hydrogens is 539 g/mol. The van der Waals surface area contributed by atoms with Crippen LogP contribution in [-0.2, 0) is 5.41 Å². The molecular formula is C31H37FN6O2S. The molecule has 7 rings (SSSR count). The summed E-state index contributed by atoms with van der Waals surface area (Å²) < 4.78 is 23.6. The van der Waals surface area contributed by atoms with Crippen molar-refractivity contribution < 1.29 is 9.50 Å². The van der Waals surface area contributed by atoms with Crippen molar-refractivity contribution in [2.24, 2.45) is 0 Å². The van der Waals surface area contributed by atoms with E-state index in [9.17, 15) is 14.3 Å². The maximum Gasteiger partial charge on any atom is 0.285 e. The summed E-state index contributed by atoms with van der Waals surface area (Å²) in [6, 6.07) is 17.1. The standard InChI is InChI=1S/C31H37FN6O2S/c1-20-33-26-7-2-3-8-27(26)38(20)25-18-23-9-10-24(19-25)37(23)16-13-31(21-5-4-6-22(32)17-21)11-14-36(15-12-31)30(40)28-29(39)35-41-34-28/h2-8,17,23-25,30,40H,9-16,18-19H2,1H3,(H,35,39)/t23-,24+,25?,30?. The highest BCUT2D eigenvalue weighted by Crippen LogP contribution is 2.45. The highest BCUT2D eigenvalue weighted by atomic mass is 32.1. The number of aromatic nitrogens is 4.